The molecule has 21 heavy (non-hydrogen) atoms. The molecular weight excluding hydrogens is 378 g/mol. The molecule has 0 saturated carbocycles. The molecule has 1 heterocycles. The average Bonchev–Trinajstić information content (AvgIpc) is 2.90. The van der Waals surface area contributed by atoms with Crippen LogP contribution in [0.25, 0.3) is 0 Å². The van der Waals surface area contributed by atoms with Gasteiger partial charge in [0.1, 0.15) is 10.6 Å². The highest BCUT2D eigenvalue weighted by Gasteiger charge is 2.20. The van der Waals surface area contributed by atoms with Crippen LogP contribution in [0.2, 0.25) is 0 Å². The van der Waals surface area contributed by atoms with E-state index in [-0.39, 0.29) is 23.8 Å². The van der Waals surface area contributed by atoms with Crippen molar-refractivity contribution in [1.82, 2.24) is 4.72 Å². The van der Waals surface area contributed by atoms with Gasteiger partial charge in [-0.3, -0.25) is 0 Å². The number of hydrogen-bond donors (Lipinski definition) is 2. The number of sulfonamides is 1. The molecule has 0 fully saturated rings. The Bertz CT molecular complexity index is 728. The Balaban J connectivity index is 2.28. The van der Waals surface area contributed by atoms with Crippen molar-refractivity contribution < 1.29 is 18.3 Å². The molecule has 2 N–H and O–H groups in total. The summed E-state index contributed by atoms with van der Waals surface area (Å²) in [6.45, 7) is -0.0456. The molecule has 0 spiro atoms. The van der Waals surface area contributed by atoms with Crippen molar-refractivity contribution in [1.29, 1.82) is 0 Å². The van der Waals surface area contributed by atoms with Crippen LogP contribution in [0.3, 0.4) is 0 Å². The van der Waals surface area contributed by atoms with E-state index in [9.17, 15) is 8.42 Å². The van der Waals surface area contributed by atoms with E-state index in [4.69, 9.17) is 9.84 Å². The first-order chi connectivity index (χ1) is 9.97. The lowest BCUT2D eigenvalue weighted by Gasteiger charge is -2.11. The third-order valence-corrected chi connectivity index (χ3v) is 6.16. The molecule has 0 saturated heterocycles. The molecular formula is C13H14BrNO4S2. The SMILES string of the molecule is COc1ccc(CO)cc1S(=O)(=O)NCc1sccc1Br. The third kappa shape index (κ3) is 3.83. The van der Waals surface area contributed by atoms with Gasteiger partial charge in [-0.1, -0.05) is 6.07 Å². The first kappa shape index (κ1) is 16.4. The van der Waals surface area contributed by atoms with Gasteiger partial charge in [0.05, 0.1) is 13.7 Å². The van der Waals surface area contributed by atoms with Gasteiger partial charge in [-0.15, -0.1) is 11.3 Å². The second-order valence-corrected chi connectivity index (χ2v) is 7.75. The minimum Gasteiger partial charge on any atom is -0.495 e. The third-order valence-electron chi connectivity index (χ3n) is 2.81. The van der Waals surface area contributed by atoms with Crippen molar-refractivity contribution in [3.05, 3.63) is 44.6 Å². The van der Waals surface area contributed by atoms with Crippen molar-refractivity contribution >= 4 is 37.3 Å². The zero-order chi connectivity index (χ0) is 15.5. The Morgan fingerprint density at radius 3 is 2.71 bits per heavy atom. The molecule has 1 aromatic heterocycles. The number of halogens is 1. The topological polar surface area (TPSA) is 75.6 Å². The van der Waals surface area contributed by atoms with Crippen molar-refractivity contribution in [2.24, 2.45) is 0 Å². The van der Waals surface area contributed by atoms with Gasteiger partial charge in [0.15, 0.2) is 0 Å². The molecule has 114 valence electrons. The summed E-state index contributed by atoms with van der Waals surface area (Å²) in [5.41, 5.74) is 0.508. The predicted octanol–water partition coefficient (Wildman–Crippen LogP) is 2.49. The number of nitrogens with one attached hydrogen (secondary N) is 1. The zero-order valence-corrected chi connectivity index (χ0v) is 14.4. The van der Waals surface area contributed by atoms with Crippen LogP contribution in [0.5, 0.6) is 5.75 Å². The van der Waals surface area contributed by atoms with Crippen LogP contribution in [0, 0.1) is 0 Å². The van der Waals surface area contributed by atoms with E-state index in [1.807, 2.05) is 11.4 Å². The lowest BCUT2D eigenvalue weighted by Crippen LogP contribution is -2.23. The molecule has 0 aliphatic rings. The van der Waals surface area contributed by atoms with E-state index in [0.717, 1.165) is 9.35 Å². The maximum atomic E-state index is 12.4. The maximum Gasteiger partial charge on any atom is 0.244 e. The molecule has 1 aromatic carbocycles. The van der Waals surface area contributed by atoms with Gasteiger partial charge in [0, 0.05) is 15.9 Å². The molecule has 0 aliphatic carbocycles. The van der Waals surface area contributed by atoms with Crippen LogP contribution in [-0.2, 0) is 23.2 Å². The van der Waals surface area contributed by atoms with Crippen molar-refractivity contribution in [3.63, 3.8) is 0 Å². The molecule has 2 rings (SSSR count). The molecule has 0 atom stereocenters. The highest BCUT2D eigenvalue weighted by atomic mass is 79.9. The van der Waals surface area contributed by atoms with Gasteiger partial charge in [-0.05, 0) is 45.1 Å². The van der Waals surface area contributed by atoms with Gasteiger partial charge in [-0.25, -0.2) is 13.1 Å². The molecule has 5 nitrogen and oxygen atoms in total. The summed E-state index contributed by atoms with van der Waals surface area (Å²) in [4.78, 5) is 0.903. The molecule has 0 aliphatic heterocycles. The van der Waals surface area contributed by atoms with E-state index < -0.39 is 10.0 Å². The maximum absolute atomic E-state index is 12.4. The number of aliphatic hydroxyl groups is 1. The van der Waals surface area contributed by atoms with Gasteiger partial charge < -0.3 is 9.84 Å². The number of benzene rings is 1. The summed E-state index contributed by atoms with van der Waals surface area (Å²) in [7, 11) is -2.32. The fourth-order valence-corrected chi connectivity index (χ4v) is 4.46. The summed E-state index contributed by atoms with van der Waals surface area (Å²) in [5.74, 6) is 0.241. The first-order valence-corrected chi connectivity index (χ1v) is 9.13. The summed E-state index contributed by atoms with van der Waals surface area (Å²) >= 11 is 4.82. The average molecular weight is 392 g/mol. The molecule has 2 aromatic rings. The second-order valence-electron chi connectivity index (χ2n) is 4.16. The lowest BCUT2D eigenvalue weighted by molar-refractivity contribution is 0.281. The van der Waals surface area contributed by atoms with Gasteiger partial charge >= 0.3 is 0 Å². The monoisotopic (exact) mass is 391 g/mol. The Morgan fingerprint density at radius 1 is 1.38 bits per heavy atom. The molecule has 8 heteroatoms. The molecule has 0 radical (unpaired) electrons. The lowest BCUT2D eigenvalue weighted by atomic mass is 10.2. The second kappa shape index (κ2) is 6.89. The van der Waals surface area contributed by atoms with E-state index in [0.29, 0.717) is 5.56 Å². The largest absolute Gasteiger partial charge is 0.495 e. The Labute approximate surface area is 135 Å². The zero-order valence-electron chi connectivity index (χ0n) is 11.2. The normalized spacial score (nSPS) is 11.6. The number of thiophene rings is 1. The van der Waals surface area contributed by atoms with Crippen LogP contribution in [0.1, 0.15) is 10.4 Å². The molecule has 0 amide bonds. The van der Waals surface area contributed by atoms with E-state index in [1.165, 1.54) is 30.6 Å². The number of methoxy groups -OCH3 is 1. The van der Waals surface area contributed by atoms with Gasteiger partial charge in [-0.2, -0.15) is 0 Å². The fourth-order valence-electron chi connectivity index (χ4n) is 1.72. The van der Waals surface area contributed by atoms with Crippen molar-refractivity contribution in [2.75, 3.05) is 7.11 Å². The summed E-state index contributed by atoms with van der Waals surface area (Å²) in [6.07, 6.45) is 0. The Kier molecular flexibility index (Phi) is 5.39. The van der Waals surface area contributed by atoms with Crippen molar-refractivity contribution in [3.8, 4) is 5.75 Å². The van der Waals surface area contributed by atoms with Crippen LogP contribution in [-0.4, -0.2) is 20.6 Å². The van der Waals surface area contributed by atoms with Gasteiger partial charge in [0.2, 0.25) is 10.0 Å². The minimum atomic E-state index is -3.73. The van der Waals surface area contributed by atoms with Crippen LogP contribution in [0.4, 0.5) is 0 Å². The minimum absolute atomic E-state index is 0.0178. The number of rotatable bonds is 6. The highest BCUT2D eigenvalue weighted by molar-refractivity contribution is 9.10. The van der Waals surface area contributed by atoms with Gasteiger partial charge in [0.25, 0.3) is 0 Å². The summed E-state index contributed by atoms with van der Waals surface area (Å²) < 4.78 is 33.3. The van der Waals surface area contributed by atoms with E-state index >= 15 is 0 Å². The Hall–Kier alpha value is -0.930. The van der Waals surface area contributed by atoms with Crippen LogP contribution in [0.15, 0.2) is 39.0 Å². The standard InChI is InChI=1S/C13H14BrNO4S2/c1-19-11-3-2-9(8-16)6-13(11)21(17,18)15-7-12-10(14)4-5-20-12/h2-6,15-16H,7-8H2,1H3. The number of aliphatic hydroxyl groups excluding tert-OH is 1. The van der Waals surface area contributed by atoms with E-state index in [2.05, 4.69) is 20.7 Å². The quantitative estimate of drug-likeness (QED) is 0.792. The smallest absolute Gasteiger partial charge is 0.244 e. The number of ether oxygens (including phenoxy) is 1. The first-order valence-electron chi connectivity index (χ1n) is 5.97. The summed E-state index contributed by atoms with van der Waals surface area (Å²) in [6, 6.07) is 6.42. The van der Waals surface area contributed by atoms with Crippen LogP contribution >= 0.6 is 27.3 Å². The molecule has 0 unspecified atom stereocenters. The van der Waals surface area contributed by atoms with Crippen LogP contribution < -0.4 is 9.46 Å². The fraction of sp³-hybridized carbons (Fsp3) is 0.231. The molecule has 0 bridgehead atoms. The Morgan fingerprint density at radius 2 is 2.14 bits per heavy atom. The van der Waals surface area contributed by atoms with E-state index in [1.54, 1.807) is 6.07 Å². The summed E-state index contributed by atoms with van der Waals surface area (Å²) in [5, 5.41) is 11.0. The number of hydrogen-bond acceptors (Lipinski definition) is 5. The highest BCUT2D eigenvalue weighted by Crippen LogP contribution is 2.26. The predicted molar refractivity (Wildman–Crippen MR) is 85.0 cm³/mol. The van der Waals surface area contributed by atoms with Crippen molar-refractivity contribution in [2.45, 2.75) is 18.0 Å².